The zero-order chi connectivity index (χ0) is 22.3. The maximum atomic E-state index is 12.4. The standard InChI is InChI=1S/C16H22N6O9/c17-12-7-13(19-3-18-12)22(4-20-7)15-11(9(26)6(2-24)30-15)31-16(28)21-14-10(27)8(25)5(1-23)29-14/h3-6,8-11,14-15,23-27H,1-2H2,(H,21,28)(H2,17,18,19)/t5-,6-,8-,9-,10-,11-,14?,15-/m1/s1. The highest BCUT2D eigenvalue weighted by atomic mass is 16.6. The first-order valence-corrected chi connectivity index (χ1v) is 9.32. The fourth-order valence-corrected chi connectivity index (χ4v) is 3.57. The van der Waals surface area contributed by atoms with Crippen LogP contribution in [0.4, 0.5) is 10.6 Å². The summed E-state index contributed by atoms with van der Waals surface area (Å²) in [5.74, 6) is 0.112. The highest BCUT2D eigenvalue weighted by Gasteiger charge is 2.49. The van der Waals surface area contributed by atoms with E-state index in [1.807, 2.05) is 0 Å². The summed E-state index contributed by atoms with van der Waals surface area (Å²) in [5.41, 5.74) is 6.29. The number of rotatable bonds is 5. The van der Waals surface area contributed by atoms with Crippen molar-refractivity contribution >= 4 is 23.1 Å². The number of amides is 1. The molecular weight excluding hydrogens is 420 g/mol. The van der Waals surface area contributed by atoms with E-state index in [1.165, 1.54) is 17.2 Å². The third-order valence-electron chi connectivity index (χ3n) is 5.20. The molecule has 2 saturated heterocycles. The molecule has 8 N–H and O–H groups in total. The van der Waals surface area contributed by atoms with Crippen LogP contribution < -0.4 is 11.1 Å². The summed E-state index contributed by atoms with van der Waals surface area (Å²) >= 11 is 0. The van der Waals surface area contributed by atoms with Gasteiger partial charge in [-0.1, -0.05) is 0 Å². The van der Waals surface area contributed by atoms with E-state index in [0.717, 1.165) is 0 Å². The molecular formula is C16H22N6O9. The number of nitrogens with zero attached hydrogens (tertiary/aromatic N) is 4. The summed E-state index contributed by atoms with van der Waals surface area (Å²) < 4.78 is 17.5. The summed E-state index contributed by atoms with van der Waals surface area (Å²) in [6.07, 6.45) is -8.88. The quantitative estimate of drug-likeness (QED) is 0.236. The Bertz CT molecular complexity index is 943. The van der Waals surface area contributed by atoms with E-state index >= 15 is 0 Å². The molecule has 31 heavy (non-hydrogen) atoms. The van der Waals surface area contributed by atoms with Gasteiger partial charge < -0.3 is 45.5 Å². The highest BCUT2D eigenvalue weighted by Crippen LogP contribution is 2.34. The number of carbonyl (C=O) groups is 1. The van der Waals surface area contributed by atoms with Crippen molar-refractivity contribution < 1.29 is 44.5 Å². The average Bonchev–Trinajstić information content (AvgIpc) is 3.39. The number of fused-ring (bicyclic) bond motifs is 1. The zero-order valence-corrected chi connectivity index (χ0v) is 15.9. The molecule has 15 heteroatoms. The molecule has 2 aliphatic rings. The summed E-state index contributed by atoms with van der Waals surface area (Å²) in [6, 6.07) is 0. The second-order valence-electron chi connectivity index (χ2n) is 7.09. The molecule has 1 amide bonds. The number of carbonyl (C=O) groups excluding carboxylic acids is 1. The highest BCUT2D eigenvalue weighted by molar-refractivity contribution is 5.81. The molecule has 2 fully saturated rings. The first-order chi connectivity index (χ1) is 14.8. The summed E-state index contributed by atoms with van der Waals surface area (Å²) in [7, 11) is 0. The lowest BCUT2D eigenvalue weighted by Gasteiger charge is -2.23. The molecule has 0 saturated carbocycles. The Balaban J connectivity index is 1.53. The number of hydrogen-bond acceptors (Lipinski definition) is 13. The second kappa shape index (κ2) is 8.46. The largest absolute Gasteiger partial charge is 0.438 e. The van der Waals surface area contributed by atoms with Crippen LogP contribution in [0.1, 0.15) is 6.23 Å². The molecule has 0 aliphatic carbocycles. The van der Waals surface area contributed by atoms with Crippen molar-refractivity contribution in [2.75, 3.05) is 18.9 Å². The molecule has 8 atom stereocenters. The van der Waals surface area contributed by atoms with E-state index in [1.54, 1.807) is 0 Å². The second-order valence-corrected chi connectivity index (χ2v) is 7.09. The van der Waals surface area contributed by atoms with E-state index in [-0.39, 0.29) is 17.0 Å². The number of hydrogen-bond donors (Lipinski definition) is 7. The van der Waals surface area contributed by atoms with E-state index in [9.17, 15) is 25.2 Å². The van der Waals surface area contributed by atoms with Crippen molar-refractivity contribution in [2.24, 2.45) is 0 Å². The van der Waals surface area contributed by atoms with Crippen molar-refractivity contribution in [3.8, 4) is 0 Å². The van der Waals surface area contributed by atoms with Crippen molar-refractivity contribution in [3.63, 3.8) is 0 Å². The number of anilines is 1. The van der Waals surface area contributed by atoms with Gasteiger partial charge in [0.25, 0.3) is 0 Å². The van der Waals surface area contributed by atoms with E-state index in [4.69, 9.17) is 25.1 Å². The van der Waals surface area contributed by atoms with Gasteiger partial charge in [0.05, 0.1) is 19.5 Å². The Kier molecular flexibility index (Phi) is 5.89. The molecule has 0 aromatic carbocycles. The van der Waals surface area contributed by atoms with Gasteiger partial charge in [0.1, 0.15) is 42.4 Å². The third kappa shape index (κ3) is 3.76. The Morgan fingerprint density at radius 2 is 1.81 bits per heavy atom. The van der Waals surface area contributed by atoms with Crippen LogP contribution in [0.2, 0.25) is 0 Å². The predicted octanol–water partition coefficient (Wildman–Crippen LogP) is -3.81. The van der Waals surface area contributed by atoms with Crippen LogP contribution in [0.5, 0.6) is 0 Å². The summed E-state index contributed by atoms with van der Waals surface area (Å²) in [6.45, 7) is -1.13. The van der Waals surface area contributed by atoms with Gasteiger partial charge in [-0.25, -0.2) is 19.7 Å². The Hall–Kier alpha value is -2.66. The minimum Gasteiger partial charge on any atom is -0.438 e. The Morgan fingerprint density at radius 1 is 1.10 bits per heavy atom. The van der Waals surface area contributed by atoms with Gasteiger partial charge in [-0.15, -0.1) is 0 Å². The SMILES string of the molecule is Nc1ncnc2c1ncn2[C@@H]1O[C@H](CO)[C@@H](O)[C@H]1OC(=O)NC1O[C@H](CO)[C@@H](O)[C@H]1O. The monoisotopic (exact) mass is 442 g/mol. The van der Waals surface area contributed by atoms with Crippen molar-refractivity contribution in [2.45, 2.75) is 49.1 Å². The van der Waals surface area contributed by atoms with Crippen LogP contribution in [0.3, 0.4) is 0 Å². The number of aliphatic hydroxyl groups excluding tert-OH is 5. The number of aromatic nitrogens is 4. The number of nitrogens with one attached hydrogen (secondary N) is 1. The van der Waals surface area contributed by atoms with Gasteiger partial charge in [0.15, 0.2) is 30.0 Å². The molecule has 4 rings (SSSR count). The number of ether oxygens (including phenoxy) is 3. The predicted molar refractivity (Wildman–Crippen MR) is 97.9 cm³/mol. The van der Waals surface area contributed by atoms with E-state index in [0.29, 0.717) is 0 Å². The Morgan fingerprint density at radius 3 is 2.48 bits per heavy atom. The maximum absolute atomic E-state index is 12.4. The van der Waals surface area contributed by atoms with E-state index in [2.05, 4.69) is 20.3 Å². The number of alkyl carbamates (subject to hydrolysis) is 1. The van der Waals surface area contributed by atoms with Crippen molar-refractivity contribution in [1.82, 2.24) is 24.8 Å². The van der Waals surface area contributed by atoms with Gasteiger partial charge in [-0.3, -0.25) is 9.88 Å². The first-order valence-electron chi connectivity index (χ1n) is 9.32. The van der Waals surface area contributed by atoms with Gasteiger partial charge in [-0.2, -0.15) is 0 Å². The maximum Gasteiger partial charge on any atom is 0.409 e. The number of aliphatic hydroxyl groups is 5. The molecule has 170 valence electrons. The van der Waals surface area contributed by atoms with Crippen LogP contribution in [-0.2, 0) is 14.2 Å². The minimum atomic E-state index is -1.51. The van der Waals surface area contributed by atoms with Crippen molar-refractivity contribution in [3.05, 3.63) is 12.7 Å². The van der Waals surface area contributed by atoms with Crippen LogP contribution in [0, 0.1) is 0 Å². The van der Waals surface area contributed by atoms with Crippen LogP contribution in [0.15, 0.2) is 12.7 Å². The fraction of sp³-hybridized carbons (Fsp3) is 0.625. The average molecular weight is 442 g/mol. The summed E-state index contributed by atoms with van der Waals surface area (Å²) in [4.78, 5) is 24.4. The Labute approximate surface area is 174 Å². The van der Waals surface area contributed by atoms with Gasteiger partial charge in [-0.05, 0) is 0 Å². The van der Waals surface area contributed by atoms with E-state index < -0.39 is 68.4 Å². The van der Waals surface area contributed by atoms with Crippen LogP contribution >= 0.6 is 0 Å². The van der Waals surface area contributed by atoms with Crippen LogP contribution in [-0.4, -0.2) is 107 Å². The molecule has 0 bridgehead atoms. The number of nitrogen functional groups attached to an aromatic ring is 1. The zero-order valence-electron chi connectivity index (χ0n) is 15.9. The van der Waals surface area contributed by atoms with Crippen molar-refractivity contribution in [1.29, 1.82) is 0 Å². The molecule has 15 nitrogen and oxygen atoms in total. The lowest BCUT2D eigenvalue weighted by Crippen LogP contribution is -2.46. The first kappa shape index (κ1) is 21.6. The molecule has 0 radical (unpaired) electrons. The van der Waals surface area contributed by atoms with Crippen LogP contribution in [0.25, 0.3) is 11.2 Å². The molecule has 4 heterocycles. The number of nitrogens with two attached hydrogens (primary N) is 1. The summed E-state index contributed by atoms with van der Waals surface area (Å²) in [5, 5.41) is 51.1. The molecule has 1 unspecified atom stereocenters. The lowest BCUT2D eigenvalue weighted by molar-refractivity contribution is -0.0588. The molecule has 0 spiro atoms. The fourth-order valence-electron chi connectivity index (χ4n) is 3.57. The smallest absolute Gasteiger partial charge is 0.409 e. The van der Waals surface area contributed by atoms with Gasteiger partial charge in [0, 0.05) is 0 Å². The molecule has 2 aliphatic heterocycles. The van der Waals surface area contributed by atoms with Gasteiger partial charge >= 0.3 is 6.09 Å². The third-order valence-corrected chi connectivity index (χ3v) is 5.20. The normalized spacial score (nSPS) is 35.5. The van der Waals surface area contributed by atoms with Gasteiger partial charge in [0.2, 0.25) is 0 Å². The molecule has 2 aromatic rings. The number of imidazole rings is 1. The minimum absolute atomic E-state index is 0.112. The lowest BCUT2D eigenvalue weighted by atomic mass is 10.1. The molecule has 2 aromatic heterocycles. The topological polar surface area (TPSA) is 228 Å².